The Morgan fingerprint density at radius 2 is 0.868 bits per heavy atom. The van der Waals surface area contributed by atoms with Crippen molar-refractivity contribution in [1.82, 2.24) is 9.97 Å². The van der Waals surface area contributed by atoms with Gasteiger partial charge < -0.3 is 0 Å². The lowest BCUT2D eigenvalue weighted by atomic mass is 9.93. The van der Waals surface area contributed by atoms with Crippen LogP contribution in [0.3, 0.4) is 0 Å². The van der Waals surface area contributed by atoms with Gasteiger partial charge in [-0.3, -0.25) is 0 Å². The summed E-state index contributed by atoms with van der Waals surface area (Å²) in [6, 6.07) is 69.2. The molecular formula is C50H32N2S. The lowest BCUT2D eigenvalue weighted by Gasteiger charge is -2.15. The van der Waals surface area contributed by atoms with Gasteiger partial charge in [-0.25, -0.2) is 9.97 Å². The molecule has 8 aromatic carbocycles. The van der Waals surface area contributed by atoms with E-state index in [0.29, 0.717) is 5.82 Å². The van der Waals surface area contributed by atoms with E-state index in [2.05, 4.69) is 188 Å². The predicted molar refractivity (Wildman–Crippen MR) is 225 cm³/mol. The highest BCUT2D eigenvalue weighted by atomic mass is 32.1. The minimum atomic E-state index is 0.697. The summed E-state index contributed by atoms with van der Waals surface area (Å²) in [5.74, 6) is 0.697. The summed E-state index contributed by atoms with van der Waals surface area (Å²) in [4.78, 5) is 10.7. The highest BCUT2D eigenvalue weighted by Crippen LogP contribution is 2.40. The maximum Gasteiger partial charge on any atom is 0.161 e. The van der Waals surface area contributed by atoms with Gasteiger partial charge in [-0.1, -0.05) is 158 Å². The first kappa shape index (κ1) is 31.1. The molecule has 0 spiro atoms. The van der Waals surface area contributed by atoms with Crippen LogP contribution in [0, 0.1) is 0 Å². The molecule has 0 amide bonds. The number of nitrogens with zero attached hydrogens (tertiary/aromatic N) is 2. The average Bonchev–Trinajstić information content (AvgIpc) is 3.62. The van der Waals surface area contributed by atoms with E-state index in [1.807, 2.05) is 17.4 Å². The molecule has 0 saturated carbocycles. The summed E-state index contributed by atoms with van der Waals surface area (Å²) in [7, 11) is 0. The molecule has 0 aliphatic rings. The standard InChI is InChI=1S/C50H32N2S/c1-3-14-33(15-4-1)37-28-38(36-26-27-44-43-22-11-12-25-48(43)53-49(44)31-36)30-39(29-37)47-32-46(35-17-5-2-6-18-35)51-50(52-47)45-23-10-9-21-42(45)41-24-13-19-34-16-7-8-20-40(34)41/h1-32H. The van der Waals surface area contributed by atoms with E-state index in [9.17, 15) is 0 Å². The molecule has 0 radical (unpaired) electrons. The lowest BCUT2D eigenvalue weighted by Crippen LogP contribution is -1.98. The van der Waals surface area contributed by atoms with Gasteiger partial charge in [-0.05, 0) is 80.6 Å². The summed E-state index contributed by atoms with van der Waals surface area (Å²) >= 11 is 1.85. The maximum atomic E-state index is 5.40. The molecule has 0 saturated heterocycles. The van der Waals surface area contributed by atoms with Crippen molar-refractivity contribution in [1.29, 1.82) is 0 Å². The van der Waals surface area contributed by atoms with Crippen LogP contribution in [0.2, 0.25) is 0 Å². The van der Waals surface area contributed by atoms with Crippen molar-refractivity contribution in [2.24, 2.45) is 0 Å². The van der Waals surface area contributed by atoms with Crippen LogP contribution >= 0.6 is 11.3 Å². The molecule has 53 heavy (non-hydrogen) atoms. The SMILES string of the molecule is c1ccc(-c2cc(-c3ccc4c(c3)sc3ccccc34)cc(-c3cc(-c4ccccc4)nc(-c4ccccc4-c4cccc5ccccc45)n3)c2)cc1. The fourth-order valence-electron chi connectivity index (χ4n) is 7.49. The average molecular weight is 693 g/mol. The zero-order valence-corrected chi connectivity index (χ0v) is 29.6. The number of thiophene rings is 1. The smallest absolute Gasteiger partial charge is 0.161 e. The molecule has 0 atom stereocenters. The quantitative estimate of drug-likeness (QED) is 0.173. The molecule has 2 aromatic heterocycles. The normalized spacial score (nSPS) is 11.4. The topological polar surface area (TPSA) is 25.8 Å². The number of hydrogen-bond donors (Lipinski definition) is 0. The van der Waals surface area contributed by atoms with Crippen LogP contribution in [-0.4, -0.2) is 9.97 Å². The molecule has 0 unspecified atom stereocenters. The Kier molecular flexibility index (Phi) is 7.71. The minimum absolute atomic E-state index is 0.697. The Balaban J connectivity index is 1.19. The molecular weight excluding hydrogens is 661 g/mol. The summed E-state index contributed by atoms with van der Waals surface area (Å²) in [5.41, 5.74) is 11.8. The number of rotatable bonds is 6. The lowest BCUT2D eigenvalue weighted by molar-refractivity contribution is 1.18. The molecule has 3 heteroatoms. The van der Waals surface area contributed by atoms with E-state index >= 15 is 0 Å². The van der Waals surface area contributed by atoms with E-state index in [-0.39, 0.29) is 0 Å². The van der Waals surface area contributed by atoms with Gasteiger partial charge in [0.2, 0.25) is 0 Å². The van der Waals surface area contributed by atoms with E-state index in [1.54, 1.807) is 0 Å². The van der Waals surface area contributed by atoms with Crippen molar-refractivity contribution in [3.63, 3.8) is 0 Å². The maximum absolute atomic E-state index is 5.40. The van der Waals surface area contributed by atoms with Gasteiger partial charge in [0.25, 0.3) is 0 Å². The Hall–Kier alpha value is -6.68. The number of aromatic nitrogens is 2. The first-order valence-electron chi connectivity index (χ1n) is 17.9. The van der Waals surface area contributed by atoms with Crippen LogP contribution in [0.15, 0.2) is 194 Å². The molecule has 248 valence electrons. The van der Waals surface area contributed by atoms with Crippen LogP contribution in [-0.2, 0) is 0 Å². The van der Waals surface area contributed by atoms with Crippen LogP contribution in [0.1, 0.15) is 0 Å². The van der Waals surface area contributed by atoms with Gasteiger partial charge in [0.15, 0.2) is 5.82 Å². The number of benzene rings is 8. The molecule has 0 aliphatic carbocycles. The minimum Gasteiger partial charge on any atom is -0.228 e. The fourth-order valence-corrected chi connectivity index (χ4v) is 8.64. The van der Waals surface area contributed by atoms with Gasteiger partial charge in [0.05, 0.1) is 11.4 Å². The summed E-state index contributed by atoms with van der Waals surface area (Å²) in [6.45, 7) is 0. The predicted octanol–water partition coefficient (Wildman–Crippen LogP) is 14.0. The van der Waals surface area contributed by atoms with Gasteiger partial charge >= 0.3 is 0 Å². The zero-order valence-electron chi connectivity index (χ0n) is 28.8. The van der Waals surface area contributed by atoms with Crippen LogP contribution in [0.25, 0.3) is 98.2 Å². The molecule has 2 nitrogen and oxygen atoms in total. The van der Waals surface area contributed by atoms with Crippen LogP contribution in [0.5, 0.6) is 0 Å². The van der Waals surface area contributed by atoms with Gasteiger partial charge in [0.1, 0.15) is 0 Å². The first-order valence-corrected chi connectivity index (χ1v) is 18.7. The second-order valence-electron chi connectivity index (χ2n) is 13.4. The monoisotopic (exact) mass is 692 g/mol. The van der Waals surface area contributed by atoms with Gasteiger partial charge in [0, 0.05) is 36.9 Å². The third-order valence-electron chi connectivity index (χ3n) is 10.1. The van der Waals surface area contributed by atoms with Crippen molar-refractivity contribution in [2.45, 2.75) is 0 Å². The molecule has 10 rings (SSSR count). The highest BCUT2D eigenvalue weighted by Gasteiger charge is 2.17. The largest absolute Gasteiger partial charge is 0.228 e. The van der Waals surface area contributed by atoms with E-state index < -0.39 is 0 Å². The van der Waals surface area contributed by atoms with E-state index in [1.165, 1.54) is 42.1 Å². The zero-order chi connectivity index (χ0) is 35.1. The van der Waals surface area contributed by atoms with Crippen LogP contribution < -0.4 is 0 Å². The van der Waals surface area contributed by atoms with Crippen molar-refractivity contribution < 1.29 is 0 Å². The second-order valence-corrected chi connectivity index (χ2v) is 14.5. The Labute approximate surface area is 312 Å². The molecule has 0 aliphatic heterocycles. The van der Waals surface area contributed by atoms with Crippen molar-refractivity contribution in [3.05, 3.63) is 194 Å². The summed E-state index contributed by atoms with van der Waals surface area (Å²) in [6.07, 6.45) is 0. The van der Waals surface area contributed by atoms with Gasteiger partial charge in [-0.15, -0.1) is 11.3 Å². The van der Waals surface area contributed by atoms with E-state index in [4.69, 9.17) is 9.97 Å². The first-order chi connectivity index (χ1) is 26.2. The highest BCUT2D eigenvalue weighted by molar-refractivity contribution is 7.25. The number of hydrogen-bond acceptors (Lipinski definition) is 3. The Morgan fingerprint density at radius 3 is 1.68 bits per heavy atom. The Morgan fingerprint density at radius 1 is 0.302 bits per heavy atom. The summed E-state index contributed by atoms with van der Waals surface area (Å²) < 4.78 is 2.60. The molecule has 10 aromatic rings. The fraction of sp³-hybridized carbons (Fsp3) is 0. The van der Waals surface area contributed by atoms with Crippen molar-refractivity contribution in [2.75, 3.05) is 0 Å². The van der Waals surface area contributed by atoms with Gasteiger partial charge in [-0.2, -0.15) is 0 Å². The molecule has 0 bridgehead atoms. The van der Waals surface area contributed by atoms with E-state index in [0.717, 1.165) is 50.3 Å². The molecule has 2 heterocycles. The van der Waals surface area contributed by atoms with Crippen molar-refractivity contribution in [3.8, 4) is 67.3 Å². The van der Waals surface area contributed by atoms with Crippen LogP contribution in [0.4, 0.5) is 0 Å². The second kappa shape index (κ2) is 13.1. The molecule has 0 N–H and O–H groups in total. The number of fused-ring (bicyclic) bond motifs is 4. The third-order valence-corrected chi connectivity index (χ3v) is 11.2. The summed E-state index contributed by atoms with van der Waals surface area (Å²) in [5, 5.41) is 5.02. The third kappa shape index (κ3) is 5.78. The molecule has 0 fully saturated rings. The van der Waals surface area contributed by atoms with Crippen molar-refractivity contribution >= 4 is 42.3 Å². The Bertz CT molecular complexity index is 2940.